The van der Waals surface area contributed by atoms with Crippen molar-refractivity contribution in [1.82, 2.24) is 14.8 Å². The van der Waals surface area contributed by atoms with E-state index < -0.39 is 0 Å². The van der Waals surface area contributed by atoms with Gasteiger partial charge in [-0.3, -0.25) is 9.36 Å². The topological polar surface area (TPSA) is 78.3 Å². The average Bonchev–Trinajstić information content (AvgIpc) is 3.47. The molecule has 0 saturated heterocycles. The molecule has 1 aliphatic heterocycles. The predicted molar refractivity (Wildman–Crippen MR) is 123 cm³/mol. The lowest BCUT2D eigenvalue weighted by Gasteiger charge is -2.10. The molecule has 1 aromatic heterocycles. The molecule has 0 bridgehead atoms. The number of carbonyl (C=O) groups is 1. The fraction of sp³-hybridized carbons (Fsp3) is 0.125. The van der Waals surface area contributed by atoms with Crippen LogP contribution in [0.2, 0.25) is 0 Å². The van der Waals surface area contributed by atoms with Gasteiger partial charge in [-0.2, -0.15) is 0 Å². The number of amides is 1. The molecule has 1 aliphatic rings. The molecule has 1 N–H and O–H groups in total. The molecule has 0 atom stereocenters. The van der Waals surface area contributed by atoms with Gasteiger partial charge in [0.15, 0.2) is 22.5 Å². The number of benzene rings is 3. The molecule has 1 amide bonds. The molecule has 4 aromatic rings. The summed E-state index contributed by atoms with van der Waals surface area (Å²) in [6.45, 7) is 0.186. The zero-order valence-electron chi connectivity index (χ0n) is 17.4. The third-order valence-electron chi connectivity index (χ3n) is 4.97. The van der Waals surface area contributed by atoms with Crippen LogP contribution in [-0.4, -0.2) is 33.2 Å². The maximum absolute atomic E-state index is 13.4. The highest BCUT2D eigenvalue weighted by molar-refractivity contribution is 7.99. The minimum atomic E-state index is -0.312. The van der Waals surface area contributed by atoms with E-state index in [9.17, 15) is 9.18 Å². The number of anilines is 1. The Hall–Kier alpha value is -3.85. The van der Waals surface area contributed by atoms with Crippen molar-refractivity contribution < 1.29 is 18.7 Å². The van der Waals surface area contributed by atoms with Gasteiger partial charge in [0.05, 0.1) is 0 Å². The Morgan fingerprint density at radius 3 is 2.61 bits per heavy atom. The summed E-state index contributed by atoms with van der Waals surface area (Å²) in [5.41, 5.74) is 2.29. The number of hydrogen-bond donors (Lipinski definition) is 1. The van der Waals surface area contributed by atoms with Crippen LogP contribution in [-0.2, 0) is 4.79 Å². The van der Waals surface area contributed by atoms with Crippen molar-refractivity contribution in [2.75, 3.05) is 17.9 Å². The average molecular weight is 463 g/mol. The highest BCUT2D eigenvalue weighted by atomic mass is 32.2. The van der Waals surface area contributed by atoms with Crippen molar-refractivity contribution in [3.05, 3.63) is 78.6 Å². The van der Waals surface area contributed by atoms with Gasteiger partial charge < -0.3 is 14.8 Å². The van der Waals surface area contributed by atoms with E-state index >= 15 is 0 Å². The van der Waals surface area contributed by atoms with E-state index in [1.54, 1.807) is 30.3 Å². The molecule has 0 radical (unpaired) electrons. The Labute approximate surface area is 193 Å². The number of rotatable bonds is 7. The lowest BCUT2D eigenvalue weighted by atomic mass is 10.2. The van der Waals surface area contributed by atoms with E-state index in [0.717, 1.165) is 11.3 Å². The van der Waals surface area contributed by atoms with Crippen molar-refractivity contribution in [1.29, 1.82) is 0 Å². The van der Waals surface area contributed by atoms with Crippen LogP contribution in [0.1, 0.15) is 6.42 Å². The number of nitrogens with one attached hydrogen (secondary N) is 1. The van der Waals surface area contributed by atoms with E-state index in [1.165, 1.54) is 23.9 Å². The third-order valence-corrected chi connectivity index (χ3v) is 5.90. The molecule has 0 aliphatic carbocycles. The van der Waals surface area contributed by atoms with Crippen molar-refractivity contribution in [3.63, 3.8) is 0 Å². The molecule has 3 aromatic carbocycles. The maximum Gasteiger partial charge on any atom is 0.231 e. The molecular formula is C24H19FN4O3S. The number of nitrogens with zero attached hydrogens (tertiary/aromatic N) is 3. The molecule has 0 fully saturated rings. The molecule has 33 heavy (non-hydrogen) atoms. The van der Waals surface area contributed by atoms with Crippen LogP contribution < -0.4 is 14.8 Å². The summed E-state index contributed by atoms with van der Waals surface area (Å²) in [4.78, 5) is 12.4. The standard InChI is InChI=1S/C24H19FN4O3S/c25-17-8-6-16(7-9-17)23-27-28-24(29(23)19-4-2-1-3-5-19)33-13-12-22(30)26-18-10-11-20-21(14-18)32-15-31-20/h1-11,14H,12-13,15H2,(H,26,30). The number of ether oxygens (including phenoxy) is 2. The van der Waals surface area contributed by atoms with Crippen molar-refractivity contribution in [2.45, 2.75) is 11.6 Å². The minimum absolute atomic E-state index is 0.120. The molecule has 0 spiro atoms. The number of thioether (sulfide) groups is 1. The van der Waals surface area contributed by atoms with Crippen LogP contribution in [0.15, 0.2) is 78.0 Å². The zero-order valence-corrected chi connectivity index (χ0v) is 18.2. The summed E-state index contributed by atoms with van der Waals surface area (Å²) in [6, 6.07) is 21.1. The lowest BCUT2D eigenvalue weighted by molar-refractivity contribution is -0.115. The van der Waals surface area contributed by atoms with Crippen LogP contribution in [0.3, 0.4) is 0 Å². The number of carbonyl (C=O) groups excluding carboxylic acids is 1. The highest BCUT2D eigenvalue weighted by Gasteiger charge is 2.17. The van der Waals surface area contributed by atoms with Crippen LogP contribution in [0.25, 0.3) is 17.1 Å². The number of para-hydroxylation sites is 1. The first kappa shape index (κ1) is 21.0. The quantitative estimate of drug-likeness (QED) is 0.393. The first-order valence-corrected chi connectivity index (χ1v) is 11.2. The van der Waals surface area contributed by atoms with Crippen LogP contribution in [0.5, 0.6) is 11.5 Å². The van der Waals surface area contributed by atoms with Gasteiger partial charge in [0.25, 0.3) is 0 Å². The maximum atomic E-state index is 13.4. The molecule has 166 valence electrons. The monoisotopic (exact) mass is 462 g/mol. The number of aromatic nitrogens is 3. The lowest BCUT2D eigenvalue weighted by Crippen LogP contribution is -2.12. The van der Waals surface area contributed by atoms with Gasteiger partial charge in [-0.05, 0) is 48.5 Å². The minimum Gasteiger partial charge on any atom is -0.454 e. The molecule has 0 saturated carbocycles. The second kappa shape index (κ2) is 9.33. The van der Waals surface area contributed by atoms with Gasteiger partial charge in [-0.15, -0.1) is 10.2 Å². The van der Waals surface area contributed by atoms with Gasteiger partial charge in [-0.1, -0.05) is 30.0 Å². The predicted octanol–water partition coefficient (Wildman–Crippen LogP) is 4.92. The second-order valence-electron chi connectivity index (χ2n) is 7.20. The fourth-order valence-electron chi connectivity index (χ4n) is 3.39. The third kappa shape index (κ3) is 4.68. The SMILES string of the molecule is O=C(CCSc1nnc(-c2ccc(F)cc2)n1-c1ccccc1)Nc1ccc2c(c1)OCO2. The molecule has 5 rings (SSSR count). The van der Waals surface area contributed by atoms with Crippen LogP contribution in [0, 0.1) is 5.82 Å². The zero-order chi connectivity index (χ0) is 22.6. The Balaban J connectivity index is 1.29. The normalized spacial score (nSPS) is 12.0. The van der Waals surface area contributed by atoms with E-state index in [1.807, 2.05) is 34.9 Å². The van der Waals surface area contributed by atoms with E-state index in [4.69, 9.17) is 9.47 Å². The first-order valence-electron chi connectivity index (χ1n) is 10.3. The Kier molecular flexibility index (Phi) is 5.95. The van der Waals surface area contributed by atoms with Crippen LogP contribution in [0.4, 0.5) is 10.1 Å². The van der Waals surface area contributed by atoms with Crippen molar-refractivity contribution in [2.24, 2.45) is 0 Å². The number of hydrogen-bond acceptors (Lipinski definition) is 6. The van der Waals surface area contributed by atoms with Gasteiger partial charge >= 0.3 is 0 Å². The number of halogens is 1. The molecule has 2 heterocycles. The van der Waals surface area contributed by atoms with Crippen molar-refractivity contribution >= 4 is 23.4 Å². The molecular weight excluding hydrogens is 443 g/mol. The van der Waals surface area contributed by atoms with Gasteiger partial charge in [0, 0.05) is 35.2 Å². The fourth-order valence-corrected chi connectivity index (χ4v) is 4.28. The summed E-state index contributed by atoms with van der Waals surface area (Å²) in [7, 11) is 0. The Morgan fingerprint density at radius 2 is 1.79 bits per heavy atom. The van der Waals surface area contributed by atoms with Gasteiger partial charge in [0.1, 0.15) is 5.82 Å². The molecule has 9 heteroatoms. The van der Waals surface area contributed by atoms with Gasteiger partial charge in [0.2, 0.25) is 12.7 Å². The smallest absolute Gasteiger partial charge is 0.231 e. The summed E-state index contributed by atoms with van der Waals surface area (Å²) in [5.74, 6) is 1.96. The van der Waals surface area contributed by atoms with Crippen molar-refractivity contribution in [3.8, 4) is 28.6 Å². The van der Waals surface area contributed by atoms with Crippen LogP contribution >= 0.6 is 11.8 Å². The summed E-state index contributed by atoms with van der Waals surface area (Å²) in [6.07, 6.45) is 0.284. The van der Waals surface area contributed by atoms with Gasteiger partial charge in [-0.25, -0.2) is 4.39 Å². The molecule has 7 nitrogen and oxygen atoms in total. The van der Waals surface area contributed by atoms with E-state index in [2.05, 4.69) is 15.5 Å². The summed E-state index contributed by atoms with van der Waals surface area (Å²) in [5, 5.41) is 12.2. The van der Waals surface area contributed by atoms with E-state index in [0.29, 0.717) is 33.9 Å². The largest absolute Gasteiger partial charge is 0.454 e. The summed E-state index contributed by atoms with van der Waals surface area (Å²) >= 11 is 1.43. The first-order chi connectivity index (χ1) is 16.2. The Bertz CT molecular complexity index is 1280. The molecule has 0 unspecified atom stereocenters. The second-order valence-corrected chi connectivity index (χ2v) is 8.26. The Morgan fingerprint density at radius 1 is 1.00 bits per heavy atom. The summed E-state index contributed by atoms with van der Waals surface area (Å²) < 4.78 is 25.9. The number of fused-ring (bicyclic) bond motifs is 1. The van der Waals surface area contributed by atoms with E-state index in [-0.39, 0.29) is 24.9 Å². The highest BCUT2D eigenvalue weighted by Crippen LogP contribution is 2.34.